The molecule has 0 fully saturated rings. The maximum atomic E-state index is 13.1. The zero-order valence-corrected chi connectivity index (χ0v) is 16.0. The van der Waals surface area contributed by atoms with Crippen molar-refractivity contribution in [2.75, 3.05) is 5.32 Å². The zero-order valence-electron chi connectivity index (χ0n) is 13.6. The van der Waals surface area contributed by atoms with E-state index in [9.17, 15) is 9.18 Å². The van der Waals surface area contributed by atoms with Gasteiger partial charge in [-0.1, -0.05) is 11.6 Å². The maximum absolute atomic E-state index is 13.1. The largest absolute Gasteiger partial charge is 0.480 e. The Bertz CT molecular complexity index is 934. The van der Waals surface area contributed by atoms with Crippen molar-refractivity contribution in [2.45, 2.75) is 13.0 Å². The third-order valence-corrected chi connectivity index (χ3v) is 4.49. The van der Waals surface area contributed by atoms with Crippen molar-refractivity contribution in [1.82, 2.24) is 9.55 Å². The molecule has 3 aromatic rings. The lowest BCUT2D eigenvalue weighted by Gasteiger charge is -2.16. The van der Waals surface area contributed by atoms with E-state index in [0.29, 0.717) is 20.9 Å². The molecule has 134 valence electrons. The van der Waals surface area contributed by atoms with E-state index in [4.69, 9.17) is 16.3 Å². The molecule has 0 aliphatic rings. The van der Waals surface area contributed by atoms with E-state index in [1.54, 1.807) is 48.4 Å². The van der Waals surface area contributed by atoms with Crippen molar-refractivity contribution in [3.63, 3.8) is 0 Å². The minimum Gasteiger partial charge on any atom is -0.480 e. The number of ether oxygens (including phenoxy) is 1. The fourth-order valence-corrected chi connectivity index (χ4v) is 2.98. The molecule has 1 aromatic heterocycles. The highest BCUT2D eigenvalue weighted by Crippen LogP contribution is 2.27. The van der Waals surface area contributed by atoms with Gasteiger partial charge < -0.3 is 14.6 Å². The lowest BCUT2D eigenvalue weighted by Crippen LogP contribution is -2.30. The monoisotopic (exact) mass is 437 g/mol. The fourth-order valence-electron chi connectivity index (χ4n) is 2.25. The van der Waals surface area contributed by atoms with E-state index in [1.807, 2.05) is 0 Å². The van der Waals surface area contributed by atoms with Gasteiger partial charge in [0, 0.05) is 18.1 Å². The zero-order chi connectivity index (χ0) is 18.7. The molecule has 2 aromatic carbocycles. The van der Waals surface area contributed by atoms with Crippen LogP contribution in [0.2, 0.25) is 5.02 Å². The summed E-state index contributed by atoms with van der Waals surface area (Å²) in [6.45, 7) is 1.60. The highest BCUT2D eigenvalue weighted by Gasteiger charge is 2.17. The second kappa shape index (κ2) is 7.88. The summed E-state index contributed by atoms with van der Waals surface area (Å²) in [7, 11) is 0. The molecular weight excluding hydrogens is 425 g/mol. The molecule has 1 N–H and O–H groups in total. The molecule has 0 saturated carbocycles. The molecule has 0 aliphatic heterocycles. The van der Waals surface area contributed by atoms with Crippen LogP contribution in [0.15, 0.2) is 59.6 Å². The van der Waals surface area contributed by atoms with E-state index < -0.39 is 11.9 Å². The van der Waals surface area contributed by atoms with Gasteiger partial charge in [-0.15, -0.1) is 0 Å². The molecule has 0 radical (unpaired) electrons. The minimum absolute atomic E-state index is 0.354. The number of imidazole rings is 1. The topological polar surface area (TPSA) is 56.1 Å². The van der Waals surface area contributed by atoms with Gasteiger partial charge in [-0.05, 0) is 59.3 Å². The number of hydrogen-bond acceptors (Lipinski definition) is 3. The summed E-state index contributed by atoms with van der Waals surface area (Å²) in [4.78, 5) is 16.3. The van der Waals surface area contributed by atoms with Gasteiger partial charge in [0.1, 0.15) is 11.6 Å². The summed E-state index contributed by atoms with van der Waals surface area (Å²) in [6, 6.07) is 9.16. The number of benzene rings is 2. The Hall–Kier alpha value is -2.38. The Kier molecular flexibility index (Phi) is 5.58. The third kappa shape index (κ3) is 4.23. The lowest BCUT2D eigenvalue weighted by molar-refractivity contribution is -0.122. The first-order valence-electron chi connectivity index (χ1n) is 7.64. The minimum atomic E-state index is -0.788. The Balaban J connectivity index is 1.68. The van der Waals surface area contributed by atoms with Crippen LogP contribution < -0.4 is 10.1 Å². The number of carbonyl (C=O) groups excluding carboxylic acids is 1. The molecule has 1 unspecified atom stereocenters. The molecule has 3 rings (SSSR count). The van der Waals surface area contributed by atoms with Crippen molar-refractivity contribution in [3.8, 4) is 11.4 Å². The van der Waals surface area contributed by atoms with E-state index >= 15 is 0 Å². The summed E-state index contributed by atoms with van der Waals surface area (Å²) < 4.78 is 20.9. The quantitative estimate of drug-likeness (QED) is 0.620. The number of nitrogens with zero attached hydrogens (tertiary/aromatic N) is 2. The molecule has 0 aliphatic carbocycles. The summed E-state index contributed by atoms with van der Waals surface area (Å²) in [5, 5.41) is 3.21. The normalized spacial score (nSPS) is 11.8. The molecule has 1 heterocycles. The van der Waals surface area contributed by atoms with Crippen LogP contribution in [0.3, 0.4) is 0 Å². The number of aromatic nitrogens is 2. The summed E-state index contributed by atoms with van der Waals surface area (Å²) in [6.07, 6.45) is 4.27. The number of amides is 1. The molecule has 1 amide bonds. The van der Waals surface area contributed by atoms with Crippen LogP contribution in [-0.4, -0.2) is 21.6 Å². The smallest absolute Gasteiger partial charge is 0.265 e. The fraction of sp³-hybridized carbons (Fsp3) is 0.111. The van der Waals surface area contributed by atoms with Crippen LogP contribution in [0.1, 0.15) is 6.92 Å². The van der Waals surface area contributed by atoms with Crippen molar-refractivity contribution >= 4 is 39.1 Å². The van der Waals surface area contributed by atoms with E-state index in [2.05, 4.69) is 26.2 Å². The van der Waals surface area contributed by atoms with E-state index in [1.165, 1.54) is 18.2 Å². The van der Waals surface area contributed by atoms with Crippen LogP contribution in [-0.2, 0) is 4.79 Å². The highest BCUT2D eigenvalue weighted by atomic mass is 79.9. The first-order valence-corrected chi connectivity index (χ1v) is 8.81. The molecule has 0 bridgehead atoms. The average molecular weight is 439 g/mol. The van der Waals surface area contributed by atoms with Crippen LogP contribution in [0.4, 0.5) is 10.1 Å². The van der Waals surface area contributed by atoms with Crippen molar-refractivity contribution in [3.05, 3.63) is 70.4 Å². The van der Waals surface area contributed by atoms with Gasteiger partial charge in [-0.25, -0.2) is 9.37 Å². The van der Waals surface area contributed by atoms with Gasteiger partial charge in [0.25, 0.3) is 5.91 Å². The second-order valence-corrected chi connectivity index (χ2v) is 6.72. The van der Waals surface area contributed by atoms with Gasteiger partial charge in [0.2, 0.25) is 0 Å². The SMILES string of the molecule is CC(Oc1ccc(F)cc1Br)C(=O)Nc1ccc(-n2ccnc2)c(Cl)c1. The van der Waals surface area contributed by atoms with E-state index in [0.717, 1.165) is 5.69 Å². The molecular formula is C18H14BrClFN3O2. The Morgan fingerprint density at radius 1 is 1.35 bits per heavy atom. The van der Waals surface area contributed by atoms with Crippen LogP contribution in [0, 0.1) is 5.82 Å². The Labute approximate surface area is 162 Å². The number of carbonyl (C=O) groups is 1. The van der Waals surface area contributed by atoms with Gasteiger partial charge in [0.05, 0.1) is 21.5 Å². The molecule has 8 heteroatoms. The van der Waals surface area contributed by atoms with E-state index in [-0.39, 0.29) is 5.91 Å². The predicted molar refractivity (Wildman–Crippen MR) is 101 cm³/mol. The van der Waals surface area contributed by atoms with Crippen LogP contribution >= 0.6 is 27.5 Å². The standard InChI is InChI=1S/C18H14BrClFN3O2/c1-11(26-17-5-2-12(21)8-14(17)19)18(25)23-13-3-4-16(15(20)9-13)24-7-6-22-10-24/h2-11H,1H3,(H,23,25). The van der Waals surface area contributed by atoms with Crippen molar-refractivity contribution in [2.24, 2.45) is 0 Å². The summed E-state index contributed by atoms with van der Waals surface area (Å²) in [5.74, 6) is -0.371. The number of halogens is 3. The highest BCUT2D eigenvalue weighted by molar-refractivity contribution is 9.10. The number of nitrogens with one attached hydrogen (secondary N) is 1. The lowest BCUT2D eigenvalue weighted by atomic mass is 10.2. The Morgan fingerprint density at radius 3 is 2.81 bits per heavy atom. The first-order chi connectivity index (χ1) is 12.4. The third-order valence-electron chi connectivity index (χ3n) is 3.56. The summed E-state index contributed by atoms with van der Waals surface area (Å²) >= 11 is 9.48. The van der Waals surface area contributed by atoms with Gasteiger partial charge in [0.15, 0.2) is 6.10 Å². The summed E-state index contributed by atoms with van der Waals surface area (Å²) in [5.41, 5.74) is 1.29. The predicted octanol–water partition coefficient (Wildman–Crippen LogP) is 4.83. The number of hydrogen-bond donors (Lipinski definition) is 1. The van der Waals surface area contributed by atoms with Crippen molar-refractivity contribution in [1.29, 1.82) is 0 Å². The van der Waals surface area contributed by atoms with Gasteiger partial charge >= 0.3 is 0 Å². The molecule has 5 nitrogen and oxygen atoms in total. The maximum Gasteiger partial charge on any atom is 0.265 e. The van der Waals surface area contributed by atoms with Crippen molar-refractivity contribution < 1.29 is 13.9 Å². The number of anilines is 1. The van der Waals surface area contributed by atoms with Gasteiger partial charge in [-0.2, -0.15) is 0 Å². The molecule has 1 atom stereocenters. The average Bonchev–Trinajstić information content (AvgIpc) is 3.11. The first kappa shape index (κ1) is 18.4. The van der Waals surface area contributed by atoms with Crippen LogP contribution in [0.5, 0.6) is 5.75 Å². The number of rotatable bonds is 5. The molecule has 0 spiro atoms. The molecule has 26 heavy (non-hydrogen) atoms. The molecule has 0 saturated heterocycles. The van der Waals surface area contributed by atoms with Crippen LogP contribution in [0.25, 0.3) is 5.69 Å². The second-order valence-electron chi connectivity index (χ2n) is 5.46. The van der Waals surface area contributed by atoms with Gasteiger partial charge in [-0.3, -0.25) is 4.79 Å². The Morgan fingerprint density at radius 2 is 2.15 bits per heavy atom.